The molecule has 2 atom stereocenters. The molecule has 0 saturated carbocycles. The van der Waals surface area contributed by atoms with Gasteiger partial charge in [-0.15, -0.1) is 0 Å². The molecule has 3 aliphatic rings. The summed E-state index contributed by atoms with van der Waals surface area (Å²) < 4.78 is 5.50. The van der Waals surface area contributed by atoms with E-state index >= 15 is 0 Å². The van der Waals surface area contributed by atoms with Gasteiger partial charge in [0.2, 0.25) is 5.91 Å². The second-order valence-corrected chi connectivity index (χ2v) is 6.76. The van der Waals surface area contributed by atoms with Crippen LogP contribution >= 0.6 is 0 Å². The lowest BCUT2D eigenvalue weighted by atomic mass is 9.86. The molecule has 0 aromatic carbocycles. The molecular formula is C16H20N4O3. The van der Waals surface area contributed by atoms with E-state index in [1.807, 2.05) is 4.90 Å². The monoisotopic (exact) mass is 316 g/mol. The van der Waals surface area contributed by atoms with Crippen molar-refractivity contribution in [2.45, 2.75) is 31.8 Å². The molecule has 0 radical (unpaired) electrons. The molecule has 3 saturated heterocycles. The van der Waals surface area contributed by atoms with Gasteiger partial charge in [0.25, 0.3) is 5.91 Å². The maximum absolute atomic E-state index is 12.5. The SMILES string of the molecule is O=C([C@H]1CCCO1)N1CCC2(CC(=O)N(c3cncnc3)C2)C1. The van der Waals surface area contributed by atoms with Crippen LogP contribution in [0.2, 0.25) is 0 Å². The summed E-state index contributed by atoms with van der Waals surface area (Å²) in [5, 5.41) is 0. The molecule has 4 rings (SSSR count). The van der Waals surface area contributed by atoms with Crippen molar-refractivity contribution in [3.63, 3.8) is 0 Å². The topological polar surface area (TPSA) is 75.6 Å². The van der Waals surface area contributed by atoms with E-state index in [1.54, 1.807) is 17.3 Å². The minimum Gasteiger partial charge on any atom is -0.368 e. The van der Waals surface area contributed by atoms with Crippen molar-refractivity contribution >= 4 is 17.5 Å². The number of nitrogens with zero attached hydrogens (tertiary/aromatic N) is 4. The zero-order chi connectivity index (χ0) is 15.9. The van der Waals surface area contributed by atoms with Crippen LogP contribution in [0.1, 0.15) is 25.7 Å². The molecule has 1 aromatic rings. The summed E-state index contributed by atoms with van der Waals surface area (Å²) in [6.45, 7) is 2.66. The zero-order valence-electron chi connectivity index (χ0n) is 13.0. The van der Waals surface area contributed by atoms with Crippen LogP contribution < -0.4 is 4.90 Å². The predicted molar refractivity (Wildman–Crippen MR) is 81.6 cm³/mol. The van der Waals surface area contributed by atoms with Gasteiger partial charge in [-0.1, -0.05) is 0 Å². The Hall–Kier alpha value is -2.02. The summed E-state index contributed by atoms with van der Waals surface area (Å²) in [5.41, 5.74) is 0.597. The minimum atomic E-state index is -0.277. The summed E-state index contributed by atoms with van der Waals surface area (Å²) in [4.78, 5) is 36.5. The Balaban J connectivity index is 1.46. The van der Waals surface area contributed by atoms with Crippen LogP contribution in [0.15, 0.2) is 18.7 Å². The number of hydrogen-bond donors (Lipinski definition) is 0. The molecule has 7 nitrogen and oxygen atoms in total. The molecule has 122 valence electrons. The molecule has 4 heterocycles. The Morgan fingerprint density at radius 2 is 2.13 bits per heavy atom. The highest BCUT2D eigenvalue weighted by Crippen LogP contribution is 2.42. The molecule has 0 N–H and O–H groups in total. The van der Waals surface area contributed by atoms with Crippen molar-refractivity contribution in [3.8, 4) is 0 Å². The normalized spacial score (nSPS) is 30.6. The molecule has 1 spiro atoms. The molecule has 3 aliphatic heterocycles. The number of aromatic nitrogens is 2. The van der Waals surface area contributed by atoms with Crippen LogP contribution in [0, 0.1) is 5.41 Å². The second kappa shape index (κ2) is 5.56. The maximum atomic E-state index is 12.5. The second-order valence-electron chi connectivity index (χ2n) is 6.76. The number of amides is 2. The van der Waals surface area contributed by atoms with Crippen molar-refractivity contribution in [1.82, 2.24) is 14.9 Å². The number of rotatable bonds is 2. The van der Waals surface area contributed by atoms with Gasteiger partial charge in [-0.05, 0) is 19.3 Å². The number of hydrogen-bond acceptors (Lipinski definition) is 5. The van der Waals surface area contributed by atoms with Gasteiger partial charge in [0.15, 0.2) is 0 Å². The highest BCUT2D eigenvalue weighted by atomic mass is 16.5. The quantitative estimate of drug-likeness (QED) is 0.799. The van der Waals surface area contributed by atoms with Gasteiger partial charge in [-0.25, -0.2) is 9.97 Å². The van der Waals surface area contributed by atoms with Crippen molar-refractivity contribution in [1.29, 1.82) is 0 Å². The van der Waals surface area contributed by atoms with E-state index in [0.29, 0.717) is 32.7 Å². The summed E-state index contributed by atoms with van der Waals surface area (Å²) >= 11 is 0. The lowest BCUT2D eigenvalue weighted by Crippen LogP contribution is -2.39. The van der Waals surface area contributed by atoms with Gasteiger partial charge in [0.05, 0.1) is 18.1 Å². The first-order valence-electron chi connectivity index (χ1n) is 8.13. The van der Waals surface area contributed by atoms with Crippen LogP contribution in [-0.4, -0.2) is 59.0 Å². The van der Waals surface area contributed by atoms with Gasteiger partial charge < -0.3 is 14.5 Å². The fourth-order valence-corrected chi connectivity index (χ4v) is 3.93. The molecule has 1 aromatic heterocycles. The first-order valence-corrected chi connectivity index (χ1v) is 8.13. The number of carbonyl (C=O) groups excluding carboxylic acids is 2. The largest absolute Gasteiger partial charge is 0.368 e. The third kappa shape index (κ3) is 2.59. The molecule has 23 heavy (non-hydrogen) atoms. The number of likely N-dealkylation sites (tertiary alicyclic amines) is 1. The van der Waals surface area contributed by atoms with Crippen molar-refractivity contribution in [2.24, 2.45) is 5.41 Å². The Morgan fingerprint density at radius 3 is 2.87 bits per heavy atom. The molecule has 3 fully saturated rings. The third-order valence-corrected chi connectivity index (χ3v) is 5.13. The van der Waals surface area contributed by atoms with Gasteiger partial charge in [0.1, 0.15) is 12.4 Å². The third-order valence-electron chi connectivity index (χ3n) is 5.13. The number of ether oxygens (including phenoxy) is 1. The average Bonchev–Trinajstić information content (AvgIpc) is 3.29. The van der Waals surface area contributed by atoms with Crippen molar-refractivity contribution in [3.05, 3.63) is 18.7 Å². The molecule has 0 bridgehead atoms. The Labute approximate surface area is 134 Å². The zero-order valence-corrected chi connectivity index (χ0v) is 13.0. The Bertz CT molecular complexity index is 617. The van der Waals surface area contributed by atoms with Gasteiger partial charge in [-0.2, -0.15) is 0 Å². The predicted octanol–water partition coefficient (Wildman–Crippen LogP) is 0.611. The van der Waals surface area contributed by atoms with Crippen LogP contribution in [-0.2, 0) is 14.3 Å². The summed E-state index contributed by atoms with van der Waals surface area (Å²) in [6, 6.07) is 0. The van der Waals surface area contributed by atoms with Crippen molar-refractivity contribution < 1.29 is 14.3 Å². The highest BCUT2D eigenvalue weighted by Gasteiger charge is 2.49. The lowest BCUT2D eigenvalue weighted by molar-refractivity contribution is -0.140. The average molecular weight is 316 g/mol. The maximum Gasteiger partial charge on any atom is 0.251 e. The minimum absolute atomic E-state index is 0.0891. The Morgan fingerprint density at radius 1 is 1.30 bits per heavy atom. The molecule has 1 unspecified atom stereocenters. The van der Waals surface area contributed by atoms with E-state index in [0.717, 1.165) is 24.9 Å². The van der Waals surface area contributed by atoms with E-state index in [4.69, 9.17) is 4.74 Å². The highest BCUT2D eigenvalue weighted by molar-refractivity contribution is 5.96. The van der Waals surface area contributed by atoms with Gasteiger partial charge in [-0.3, -0.25) is 9.59 Å². The molecule has 0 aliphatic carbocycles. The first kappa shape index (κ1) is 14.6. The molecular weight excluding hydrogens is 296 g/mol. The van der Waals surface area contributed by atoms with Crippen LogP contribution in [0.5, 0.6) is 0 Å². The smallest absolute Gasteiger partial charge is 0.251 e. The van der Waals surface area contributed by atoms with E-state index < -0.39 is 0 Å². The van der Waals surface area contributed by atoms with Crippen molar-refractivity contribution in [2.75, 3.05) is 31.1 Å². The molecule has 7 heteroatoms. The Kier molecular flexibility index (Phi) is 3.52. The lowest BCUT2D eigenvalue weighted by Gasteiger charge is -2.25. The van der Waals surface area contributed by atoms with Crippen LogP contribution in [0.4, 0.5) is 5.69 Å². The van der Waals surface area contributed by atoms with E-state index in [2.05, 4.69) is 9.97 Å². The van der Waals surface area contributed by atoms with Gasteiger partial charge >= 0.3 is 0 Å². The summed E-state index contributed by atoms with van der Waals surface area (Å²) in [6.07, 6.45) is 7.61. The molecule has 2 amide bonds. The fourth-order valence-electron chi connectivity index (χ4n) is 3.93. The number of anilines is 1. The first-order chi connectivity index (χ1) is 11.2. The van der Waals surface area contributed by atoms with E-state index in [-0.39, 0.29) is 23.3 Å². The summed E-state index contributed by atoms with van der Waals surface area (Å²) in [5.74, 6) is 0.180. The fraction of sp³-hybridized carbons (Fsp3) is 0.625. The van der Waals surface area contributed by atoms with E-state index in [1.165, 1.54) is 6.33 Å². The van der Waals surface area contributed by atoms with E-state index in [9.17, 15) is 9.59 Å². The van der Waals surface area contributed by atoms with Gasteiger partial charge in [0, 0.05) is 38.1 Å². The summed E-state index contributed by atoms with van der Waals surface area (Å²) in [7, 11) is 0. The standard InChI is InChI=1S/C16H20N4O3/c21-14-6-16(10-20(14)12-7-17-11-18-8-12)3-4-19(9-16)15(22)13-2-1-5-23-13/h7-8,11,13H,1-6,9-10H2/t13-,16?/m1/s1. The number of carbonyl (C=O) groups is 2. The van der Waals surface area contributed by atoms with Crippen LogP contribution in [0.3, 0.4) is 0 Å². The van der Waals surface area contributed by atoms with Crippen LogP contribution in [0.25, 0.3) is 0 Å².